The van der Waals surface area contributed by atoms with E-state index >= 15 is 0 Å². The Labute approximate surface area is 126 Å². The van der Waals surface area contributed by atoms with Gasteiger partial charge in [0.05, 0.1) is 0 Å². The molecule has 4 heteroatoms. The standard InChI is InChI=1S/C17H23N3O/c1-3-10-18-12(2)11-16-19-17(20-21-16)15-9-8-13-6-4-5-7-14(13)15/h4-7,12,15,18H,3,8-11H2,1-2H3. The number of rotatable bonds is 6. The van der Waals surface area contributed by atoms with Crippen molar-refractivity contribution < 1.29 is 4.52 Å². The van der Waals surface area contributed by atoms with Gasteiger partial charge in [-0.3, -0.25) is 0 Å². The van der Waals surface area contributed by atoms with Crippen LogP contribution in [0.15, 0.2) is 28.8 Å². The molecule has 4 nitrogen and oxygen atoms in total. The van der Waals surface area contributed by atoms with E-state index < -0.39 is 0 Å². The van der Waals surface area contributed by atoms with E-state index in [1.807, 2.05) is 0 Å². The molecule has 1 aromatic heterocycles. The second kappa shape index (κ2) is 6.39. The van der Waals surface area contributed by atoms with Gasteiger partial charge in [0.2, 0.25) is 5.89 Å². The molecular weight excluding hydrogens is 262 g/mol. The van der Waals surface area contributed by atoms with Crippen molar-refractivity contribution in [1.82, 2.24) is 15.5 Å². The van der Waals surface area contributed by atoms with Crippen molar-refractivity contribution in [3.8, 4) is 0 Å². The van der Waals surface area contributed by atoms with Crippen LogP contribution in [0.4, 0.5) is 0 Å². The lowest BCUT2D eigenvalue weighted by molar-refractivity contribution is 0.356. The van der Waals surface area contributed by atoms with E-state index in [9.17, 15) is 0 Å². The first kappa shape index (κ1) is 14.3. The Kier molecular flexibility index (Phi) is 4.34. The minimum atomic E-state index is 0.303. The molecule has 0 amide bonds. The maximum absolute atomic E-state index is 5.44. The summed E-state index contributed by atoms with van der Waals surface area (Å²) in [6, 6.07) is 8.95. The molecule has 0 saturated heterocycles. The molecule has 0 fully saturated rings. The second-order valence-electron chi connectivity index (χ2n) is 5.90. The summed E-state index contributed by atoms with van der Waals surface area (Å²) in [5.74, 6) is 1.89. The van der Waals surface area contributed by atoms with E-state index in [2.05, 4.69) is 53.6 Å². The van der Waals surface area contributed by atoms with Gasteiger partial charge < -0.3 is 9.84 Å². The molecule has 0 spiro atoms. The summed E-state index contributed by atoms with van der Waals surface area (Å²) in [7, 11) is 0. The van der Waals surface area contributed by atoms with E-state index in [4.69, 9.17) is 4.52 Å². The van der Waals surface area contributed by atoms with Crippen LogP contribution in [0, 0.1) is 0 Å². The highest BCUT2D eigenvalue weighted by Gasteiger charge is 2.27. The number of nitrogens with one attached hydrogen (secondary N) is 1. The summed E-state index contributed by atoms with van der Waals surface area (Å²) in [5.41, 5.74) is 2.79. The third-order valence-corrected chi connectivity index (χ3v) is 4.15. The van der Waals surface area contributed by atoms with E-state index in [0.29, 0.717) is 12.0 Å². The first-order valence-corrected chi connectivity index (χ1v) is 7.91. The average molecular weight is 285 g/mol. The van der Waals surface area contributed by atoms with E-state index in [0.717, 1.165) is 43.9 Å². The molecule has 1 heterocycles. The van der Waals surface area contributed by atoms with Crippen LogP contribution in [0.25, 0.3) is 0 Å². The fraction of sp³-hybridized carbons (Fsp3) is 0.529. The molecule has 1 aliphatic rings. The summed E-state index contributed by atoms with van der Waals surface area (Å²) < 4.78 is 5.44. The highest BCUT2D eigenvalue weighted by molar-refractivity contribution is 5.38. The fourth-order valence-electron chi connectivity index (χ4n) is 3.04. The van der Waals surface area contributed by atoms with Crippen molar-refractivity contribution in [2.45, 2.75) is 51.5 Å². The van der Waals surface area contributed by atoms with Crippen molar-refractivity contribution in [2.75, 3.05) is 6.54 Å². The van der Waals surface area contributed by atoms with Crippen molar-refractivity contribution in [3.63, 3.8) is 0 Å². The van der Waals surface area contributed by atoms with Gasteiger partial charge in [-0.2, -0.15) is 4.98 Å². The fourth-order valence-corrected chi connectivity index (χ4v) is 3.04. The third-order valence-electron chi connectivity index (χ3n) is 4.15. The Morgan fingerprint density at radius 1 is 1.38 bits per heavy atom. The van der Waals surface area contributed by atoms with Crippen LogP contribution in [0.5, 0.6) is 0 Å². The monoisotopic (exact) mass is 285 g/mol. The predicted octanol–water partition coefficient (Wildman–Crippen LogP) is 3.08. The van der Waals surface area contributed by atoms with Crippen LogP contribution in [0.3, 0.4) is 0 Å². The summed E-state index contributed by atoms with van der Waals surface area (Å²) in [6.45, 7) is 5.35. The largest absolute Gasteiger partial charge is 0.339 e. The lowest BCUT2D eigenvalue weighted by Gasteiger charge is -2.09. The number of hydrogen-bond donors (Lipinski definition) is 1. The van der Waals surface area contributed by atoms with Crippen LogP contribution in [-0.4, -0.2) is 22.7 Å². The van der Waals surface area contributed by atoms with Gasteiger partial charge in [-0.05, 0) is 43.9 Å². The molecule has 3 rings (SSSR count). The molecule has 2 aromatic rings. The van der Waals surface area contributed by atoms with Gasteiger partial charge >= 0.3 is 0 Å². The lowest BCUT2D eigenvalue weighted by Crippen LogP contribution is -2.28. The molecule has 21 heavy (non-hydrogen) atoms. The first-order chi connectivity index (χ1) is 10.3. The van der Waals surface area contributed by atoms with Crippen LogP contribution < -0.4 is 5.32 Å². The lowest BCUT2D eigenvalue weighted by atomic mass is 10.0. The summed E-state index contributed by atoms with van der Waals surface area (Å²) in [5, 5.41) is 7.66. The number of nitrogens with zero attached hydrogens (tertiary/aromatic N) is 2. The molecule has 1 aliphatic carbocycles. The number of hydrogen-bond acceptors (Lipinski definition) is 4. The maximum Gasteiger partial charge on any atom is 0.228 e. The molecule has 0 saturated carbocycles. The zero-order chi connectivity index (χ0) is 14.7. The second-order valence-corrected chi connectivity index (χ2v) is 5.90. The highest BCUT2D eigenvalue weighted by Crippen LogP contribution is 2.36. The van der Waals surface area contributed by atoms with Gasteiger partial charge in [0.1, 0.15) is 0 Å². The molecule has 112 valence electrons. The van der Waals surface area contributed by atoms with Gasteiger partial charge in [-0.15, -0.1) is 0 Å². The van der Waals surface area contributed by atoms with Crippen LogP contribution in [0.1, 0.15) is 55.4 Å². The minimum absolute atomic E-state index is 0.303. The van der Waals surface area contributed by atoms with E-state index in [1.54, 1.807) is 0 Å². The molecule has 0 bridgehead atoms. The molecule has 0 radical (unpaired) electrons. The number of aromatic nitrogens is 2. The smallest absolute Gasteiger partial charge is 0.228 e. The highest BCUT2D eigenvalue weighted by atomic mass is 16.5. The molecule has 1 N–H and O–H groups in total. The number of benzene rings is 1. The van der Waals surface area contributed by atoms with Gasteiger partial charge in [-0.25, -0.2) is 0 Å². The number of fused-ring (bicyclic) bond motifs is 1. The van der Waals surface area contributed by atoms with Crippen molar-refractivity contribution in [1.29, 1.82) is 0 Å². The normalized spacial score (nSPS) is 18.7. The van der Waals surface area contributed by atoms with Gasteiger partial charge in [0.25, 0.3) is 0 Å². The predicted molar refractivity (Wildman–Crippen MR) is 82.4 cm³/mol. The topological polar surface area (TPSA) is 51.0 Å². The molecule has 1 aromatic carbocycles. The zero-order valence-electron chi connectivity index (χ0n) is 12.8. The van der Waals surface area contributed by atoms with E-state index in [-0.39, 0.29) is 0 Å². The summed E-state index contributed by atoms with van der Waals surface area (Å²) >= 11 is 0. The Balaban J connectivity index is 1.69. The Morgan fingerprint density at radius 2 is 2.24 bits per heavy atom. The SMILES string of the molecule is CCCNC(C)Cc1nc(C2CCc3ccccc32)no1. The maximum atomic E-state index is 5.44. The summed E-state index contributed by atoms with van der Waals surface area (Å²) in [6.07, 6.45) is 4.13. The van der Waals surface area contributed by atoms with Gasteiger partial charge in [0.15, 0.2) is 5.82 Å². The van der Waals surface area contributed by atoms with Crippen molar-refractivity contribution in [3.05, 3.63) is 47.1 Å². The Morgan fingerprint density at radius 3 is 3.10 bits per heavy atom. The quantitative estimate of drug-likeness (QED) is 0.886. The summed E-state index contributed by atoms with van der Waals surface area (Å²) in [4.78, 5) is 4.62. The molecule has 2 unspecified atom stereocenters. The average Bonchev–Trinajstić information content (AvgIpc) is 3.11. The third kappa shape index (κ3) is 3.16. The van der Waals surface area contributed by atoms with Crippen molar-refractivity contribution in [2.24, 2.45) is 0 Å². The molecule has 2 atom stereocenters. The van der Waals surface area contributed by atoms with Crippen LogP contribution >= 0.6 is 0 Å². The minimum Gasteiger partial charge on any atom is -0.339 e. The van der Waals surface area contributed by atoms with Crippen LogP contribution in [0.2, 0.25) is 0 Å². The molecule has 0 aliphatic heterocycles. The van der Waals surface area contributed by atoms with E-state index in [1.165, 1.54) is 11.1 Å². The molecular formula is C17H23N3O. The van der Waals surface area contributed by atoms with Gasteiger partial charge in [-0.1, -0.05) is 36.3 Å². The zero-order valence-corrected chi connectivity index (χ0v) is 12.8. The van der Waals surface area contributed by atoms with Gasteiger partial charge in [0, 0.05) is 18.4 Å². The first-order valence-electron chi connectivity index (χ1n) is 7.91. The number of aryl methyl sites for hydroxylation is 1. The van der Waals surface area contributed by atoms with Crippen LogP contribution in [-0.2, 0) is 12.8 Å². The Bertz CT molecular complexity index is 593. The van der Waals surface area contributed by atoms with Crippen molar-refractivity contribution >= 4 is 0 Å². The Hall–Kier alpha value is -1.68.